The molecule has 14 nitrogen and oxygen atoms in total. The molecule has 3 amide bonds. The molecule has 4 aliphatic heterocycles. The summed E-state index contributed by atoms with van der Waals surface area (Å²) in [5.41, 5.74) is 0.841. The summed E-state index contributed by atoms with van der Waals surface area (Å²) < 4.78 is 43.7. The first-order chi connectivity index (χ1) is 28.0. The third-order valence-electron chi connectivity index (χ3n) is 12.3. The van der Waals surface area contributed by atoms with Crippen LogP contribution in [0, 0.1) is 11.3 Å². The number of nitrogens with one attached hydrogen (secondary N) is 2. The lowest BCUT2D eigenvalue weighted by molar-refractivity contribution is -0.141. The highest BCUT2D eigenvalue weighted by Gasteiger charge is 2.46. The van der Waals surface area contributed by atoms with Gasteiger partial charge in [0.25, 0.3) is 5.91 Å². The van der Waals surface area contributed by atoms with Crippen molar-refractivity contribution in [1.29, 1.82) is 0 Å². The summed E-state index contributed by atoms with van der Waals surface area (Å²) in [4.78, 5) is 66.4. The van der Waals surface area contributed by atoms with Gasteiger partial charge in [-0.1, -0.05) is 23.5 Å². The zero-order valence-corrected chi connectivity index (χ0v) is 33.6. The van der Waals surface area contributed by atoms with Crippen LogP contribution in [-0.4, -0.2) is 92.6 Å². The van der Waals surface area contributed by atoms with Crippen LogP contribution in [0.5, 0.6) is 0 Å². The van der Waals surface area contributed by atoms with Crippen molar-refractivity contribution in [2.24, 2.45) is 18.4 Å². The first kappa shape index (κ1) is 39.1. The molecular weight excluding hydrogens is 788 g/mol. The van der Waals surface area contributed by atoms with E-state index in [4.69, 9.17) is 4.98 Å². The smallest absolute Gasteiger partial charge is 0.386 e. The van der Waals surface area contributed by atoms with Crippen LogP contribution in [-0.2, 0) is 28.4 Å². The van der Waals surface area contributed by atoms with Crippen molar-refractivity contribution in [3.63, 3.8) is 0 Å². The van der Waals surface area contributed by atoms with Crippen molar-refractivity contribution < 1.29 is 32.7 Å². The second-order valence-corrected chi connectivity index (χ2v) is 18.0. The average molecular weight is 832 g/mol. The van der Waals surface area contributed by atoms with Gasteiger partial charge in [-0.05, 0) is 74.9 Å². The SMILES string of the molecule is Cn1c(=O)n(C2CCC(=O)NC2=O)c2cccc(N3CCC4(CC3)CN(CC3CN(c5nc6cc(C(C)(C)O)c(NC(=O)c7cccc(C(F)(F)F)n7)cc6s5)C3)C4)c21. The number of para-hydroxylation sites is 1. The second kappa shape index (κ2) is 14.2. The molecule has 0 bridgehead atoms. The number of likely N-dealkylation sites (tertiary alicyclic amines) is 1. The van der Waals surface area contributed by atoms with E-state index in [1.54, 1.807) is 37.6 Å². The Bertz CT molecular complexity index is 2570. The molecule has 18 heteroatoms. The van der Waals surface area contributed by atoms with Gasteiger partial charge in [0.15, 0.2) is 5.13 Å². The lowest BCUT2D eigenvalue weighted by atomic mass is 9.71. The maximum Gasteiger partial charge on any atom is 0.433 e. The third kappa shape index (κ3) is 7.13. The first-order valence-corrected chi connectivity index (χ1v) is 20.6. The number of halogens is 3. The van der Waals surface area contributed by atoms with E-state index in [9.17, 15) is 37.5 Å². The third-order valence-corrected chi connectivity index (χ3v) is 13.4. The maximum atomic E-state index is 13.4. The highest BCUT2D eigenvalue weighted by molar-refractivity contribution is 7.22. The fourth-order valence-electron chi connectivity index (χ4n) is 9.29. The quantitative estimate of drug-likeness (QED) is 0.185. The Morgan fingerprint density at radius 2 is 1.75 bits per heavy atom. The average Bonchev–Trinajstić information content (AvgIpc) is 3.68. The molecule has 1 spiro atoms. The molecule has 0 aliphatic carbocycles. The molecule has 2 aromatic carbocycles. The van der Waals surface area contributed by atoms with E-state index in [-0.39, 0.29) is 34.8 Å². The van der Waals surface area contributed by atoms with E-state index >= 15 is 0 Å². The number of pyridine rings is 1. The van der Waals surface area contributed by atoms with Gasteiger partial charge >= 0.3 is 11.9 Å². The van der Waals surface area contributed by atoms with Crippen molar-refractivity contribution in [3.05, 3.63) is 76.0 Å². The van der Waals surface area contributed by atoms with Gasteiger partial charge in [0.1, 0.15) is 17.4 Å². The Labute approximate surface area is 340 Å². The number of benzene rings is 2. The van der Waals surface area contributed by atoms with E-state index in [1.165, 1.54) is 22.0 Å². The van der Waals surface area contributed by atoms with E-state index in [2.05, 4.69) is 30.3 Å². The van der Waals surface area contributed by atoms with Crippen LogP contribution in [0.3, 0.4) is 0 Å². The number of hydrogen-bond donors (Lipinski definition) is 3. The molecule has 4 saturated heterocycles. The van der Waals surface area contributed by atoms with Crippen molar-refractivity contribution in [2.75, 3.05) is 60.9 Å². The number of piperidine rings is 2. The van der Waals surface area contributed by atoms with Crippen molar-refractivity contribution in [3.8, 4) is 0 Å². The van der Waals surface area contributed by atoms with Gasteiger partial charge < -0.3 is 25.1 Å². The van der Waals surface area contributed by atoms with Gasteiger partial charge in [-0.15, -0.1) is 0 Å². The number of aryl methyl sites for hydroxylation is 1. The van der Waals surface area contributed by atoms with E-state index in [1.807, 2.05) is 18.2 Å². The fourth-order valence-corrected chi connectivity index (χ4v) is 10.3. The van der Waals surface area contributed by atoms with E-state index in [0.717, 1.165) is 91.8 Å². The van der Waals surface area contributed by atoms with Gasteiger partial charge in [-0.3, -0.25) is 28.8 Å². The largest absolute Gasteiger partial charge is 0.433 e. The Balaban J connectivity index is 0.808. The van der Waals surface area contributed by atoms with Gasteiger partial charge in [0, 0.05) is 76.5 Å². The number of imide groups is 1. The van der Waals surface area contributed by atoms with Crippen molar-refractivity contribution >= 4 is 66.8 Å². The van der Waals surface area contributed by atoms with Gasteiger partial charge in [-0.2, -0.15) is 13.2 Å². The number of hydrogen-bond acceptors (Lipinski definition) is 11. The lowest BCUT2D eigenvalue weighted by Gasteiger charge is -2.56. The summed E-state index contributed by atoms with van der Waals surface area (Å²) in [6, 6.07) is 11.7. The summed E-state index contributed by atoms with van der Waals surface area (Å²) in [6.45, 7) is 9.63. The molecule has 4 fully saturated rings. The normalized spacial score (nSPS) is 20.3. The highest BCUT2D eigenvalue weighted by atomic mass is 32.1. The zero-order valence-electron chi connectivity index (χ0n) is 32.8. The topological polar surface area (TPSA) is 158 Å². The van der Waals surface area contributed by atoms with Crippen LogP contribution in [0.15, 0.2) is 53.3 Å². The molecular formula is C41H44F3N9O5S. The van der Waals surface area contributed by atoms with E-state index < -0.39 is 35.3 Å². The number of carbonyl (C=O) groups excluding carboxylic acids is 3. The minimum Gasteiger partial charge on any atom is -0.386 e. The van der Waals surface area contributed by atoms with E-state index in [0.29, 0.717) is 28.9 Å². The Morgan fingerprint density at radius 1 is 1.02 bits per heavy atom. The van der Waals surface area contributed by atoms with Crippen LogP contribution in [0.25, 0.3) is 21.3 Å². The molecule has 7 heterocycles. The number of amides is 3. The highest BCUT2D eigenvalue weighted by Crippen LogP contribution is 2.44. The number of aliphatic hydroxyl groups is 1. The monoisotopic (exact) mass is 831 g/mol. The zero-order chi connectivity index (χ0) is 41.6. The summed E-state index contributed by atoms with van der Waals surface area (Å²) in [5.74, 6) is -1.10. The van der Waals surface area contributed by atoms with Gasteiger partial charge in [-0.25, -0.2) is 14.8 Å². The standard InChI is InChI=1S/C41H44F3N9O5S/c1-39(2,58)24-16-27-31(17-26(24)46-35(55)25-6-4-9-32(45-25)41(42,43)44)59-37(47-27)52-19-23(20-52)18-50-21-40(22-50)12-14-51(15-13-40)28-7-5-8-29-34(28)49(3)38(57)53(29)30-10-11-33(54)48-36(30)56/h4-9,16-17,23,30,58H,10-15,18-22H2,1-3H3,(H,46,55)(H,48,54,56). The molecule has 3 aromatic heterocycles. The summed E-state index contributed by atoms with van der Waals surface area (Å²) >= 11 is 1.46. The van der Waals surface area contributed by atoms with Crippen LogP contribution >= 0.6 is 11.3 Å². The fraction of sp³-hybridized carbons (Fsp3) is 0.463. The molecule has 4 aliphatic rings. The van der Waals surface area contributed by atoms with Crippen molar-refractivity contribution in [2.45, 2.75) is 57.3 Å². The molecule has 9 rings (SSSR count). The number of nitrogens with zero attached hydrogens (tertiary/aromatic N) is 7. The number of alkyl halides is 3. The number of carbonyl (C=O) groups is 3. The Morgan fingerprint density at radius 3 is 2.44 bits per heavy atom. The Kier molecular flexibility index (Phi) is 9.39. The molecule has 0 saturated carbocycles. The van der Waals surface area contributed by atoms with Crippen LogP contribution in [0.4, 0.5) is 29.7 Å². The second-order valence-electron chi connectivity index (χ2n) is 17.0. The maximum absolute atomic E-state index is 13.4. The van der Waals surface area contributed by atoms with Gasteiger partial charge in [0.05, 0.1) is 32.5 Å². The number of aromatic nitrogens is 4. The number of fused-ring (bicyclic) bond motifs is 2. The Hall–Kier alpha value is -5.33. The lowest BCUT2D eigenvalue weighted by Crippen LogP contribution is -2.63. The van der Waals surface area contributed by atoms with Crippen LogP contribution in [0.1, 0.15) is 67.3 Å². The molecule has 310 valence electrons. The number of thiazole rings is 1. The van der Waals surface area contributed by atoms with Crippen molar-refractivity contribution in [1.82, 2.24) is 29.3 Å². The molecule has 59 heavy (non-hydrogen) atoms. The number of rotatable bonds is 8. The minimum absolute atomic E-state index is 0.196. The van der Waals surface area contributed by atoms with Crippen LogP contribution in [0.2, 0.25) is 0 Å². The predicted octanol–water partition coefficient (Wildman–Crippen LogP) is 4.86. The summed E-state index contributed by atoms with van der Waals surface area (Å²) in [7, 11) is 1.74. The van der Waals surface area contributed by atoms with Gasteiger partial charge in [0.2, 0.25) is 11.8 Å². The molecule has 1 atom stereocenters. The molecule has 1 unspecified atom stereocenters. The summed E-state index contributed by atoms with van der Waals surface area (Å²) in [6.07, 6.45) is -2.13. The summed E-state index contributed by atoms with van der Waals surface area (Å²) in [5, 5.41) is 16.8. The first-order valence-electron chi connectivity index (χ1n) is 19.8. The number of anilines is 3. The van der Waals surface area contributed by atoms with Crippen LogP contribution < -0.4 is 26.1 Å². The molecule has 0 radical (unpaired) electrons. The molecule has 3 N–H and O–H groups in total. The minimum atomic E-state index is -4.70. The molecule has 5 aromatic rings. The number of imidazole rings is 1. The predicted molar refractivity (Wildman–Crippen MR) is 217 cm³/mol.